The topological polar surface area (TPSA) is 49.4 Å². The normalized spacial score (nSPS) is 14.0. The minimum Gasteiger partial charge on any atom is -0.347 e. The van der Waals surface area contributed by atoms with Crippen molar-refractivity contribution >= 4 is 23.2 Å². The van der Waals surface area contributed by atoms with E-state index in [1.807, 2.05) is 40.6 Å². The molecule has 5 heteroatoms. The Morgan fingerprint density at radius 2 is 1.83 bits per heavy atom. The molecule has 0 aliphatic carbocycles. The van der Waals surface area contributed by atoms with Gasteiger partial charge in [-0.05, 0) is 54.0 Å². The minimum absolute atomic E-state index is 0.0286. The van der Waals surface area contributed by atoms with E-state index in [1.54, 1.807) is 0 Å². The van der Waals surface area contributed by atoms with Gasteiger partial charge in [-0.15, -0.1) is 11.3 Å². The molecular weight excluding hydrogens is 320 g/mol. The van der Waals surface area contributed by atoms with Gasteiger partial charge >= 0.3 is 0 Å². The number of rotatable bonds is 5. The number of carbonyl (C=O) groups is 2. The van der Waals surface area contributed by atoms with Crippen LogP contribution in [-0.2, 0) is 13.0 Å². The number of hydrogen-bond donors (Lipinski definition) is 1. The van der Waals surface area contributed by atoms with Gasteiger partial charge in [0.15, 0.2) is 0 Å². The van der Waals surface area contributed by atoms with Crippen LogP contribution in [0.3, 0.4) is 0 Å². The fourth-order valence-corrected chi connectivity index (χ4v) is 3.86. The van der Waals surface area contributed by atoms with Crippen LogP contribution >= 0.6 is 11.3 Å². The predicted octanol–water partition coefficient (Wildman–Crippen LogP) is 3.48. The molecule has 0 unspecified atom stereocenters. The summed E-state index contributed by atoms with van der Waals surface area (Å²) in [6.07, 6.45) is 3.05. The van der Waals surface area contributed by atoms with Gasteiger partial charge in [0.2, 0.25) is 0 Å². The zero-order valence-electron chi connectivity index (χ0n) is 13.9. The van der Waals surface area contributed by atoms with Gasteiger partial charge in [0.1, 0.15) is 0 Å². The summed E-state index contributed by atoms with van der Waals surface area (Å²) in [5.74, 6) is 0.0772. The van der Waals surface area contributed by atoms with Crippen LogP contribution in [0.25, 0.3) is 0 Å². The maximum Gasteiger partial charge on any atom is 0.261 e. The largest absolute Gasteiger partial charge is 0.347 e. The molecule has 2 aromatic rings. The summed E-state index contributed by atoms with van der Waals surface area (Å²) in [5.41, 5.74) is 2.80. The Morgan fingerprint density at radius 3 is 2.50 bits per heavy atom. The summed E-state index contributed by atoms with van der Waals surface area (Å²) < 4.78 is 0. The van der Waals surface area contributed by atoms with Crippen LogP contribution in [0.2, 0.25) is 0 Å². The smallest absolute Gasteiger partial charge is 0.261 e. The van der Waals surface area contributed by atoms with Gasteiger partial charge < -0.3 is 10.2 Å². The molecule has 1 aliphatic rings. The van der Waals surface area contributed by atoms with Crippen LogP contribution in [0.1, 0.15) is 50.9 Å². The van der Waals surface area contributed by atoms with Gasteiger partial charge in [0, 0.05) is 25.2 Å². The molecule has 0 saturated carbocycles. The lowest BCUT2D eigenvalue weighted by Gasteiger charge is -2.15. The molecule has 1 saturated heterocycles. The fraction of sp³-hybridized carbons (Fsp3) is 0.368. The molecule has 1 aliphatic heterocycles. The third kappa shape index (κ3) is 3.67. The Kier molecular flexibility index (Phi) is 5.30. The van der Waals surface area contributed by atoms with E-state index in [0.717, 1.165) is 53.9 Å². The van der Waals surface area contributed by atoms with Gasteiger partial charge in [0.05, 0.1) is 4.88 Å². The van der Waals surface area contributed by atoms with Crippen LogP contribution in [0, 0.1) is 0 Å². The first kappa shape index (κ1) is 16.7. The van der Waals surface area contributed by atoms with E-state index in [9.17, 15) is 9.59 Å². The third-order valence-corrected chi connectivity index (χ3v) is 5.34. The SMILES string of the molecule is CCc1ccsc1C(=O)NCc1ccc(C(=O)N2CCCC2)cc1. The molecule has 1 aromatic carbocycles. The molecule has 24 heavy (non-hydrogen) atoms. The number of benzene rings is 1. The van der Waals surface area contributed by atoms with Crippen LogP contribution in [0.15, 0.2) is 35.7 Å². The first-order chi connectivity index (χ1) is 11.7. The Hall–Kier alpha value is -2.14. The molecule has 0 bridgehead atoms. The molecule has 0 spiro atoms. The van der Waals surface area contributed by atoms with Crippen molar-refractivity contribution in [1.82, 2.24) is 10.2 Å². The lowest BCUT2D eigenvalue weighted by Crippen LogP contribution is -2.27. The first-order valence-corrected chi connectivity index (χ1v) is 9.29. The van der Waals surface area contributed by atoms with E-state index in [4.69, 9.17) is 0 Å². The van der Waals surface area contributed by atoms with Crippen LogP contribution in [-0.4, -0.2) is 29.8 Å². The summed E-state index contributed by atoms with van der Waals surface area (Å²) in [4.78, 5) is 27.2. The monoisotopic (exact) mass is 342 g/mol. The highest BCUT2D eigenvalue weighted by molar-refractivity contribution is 7.12. The standard InChI is InChI=1S/C19H22N2O2S/c1-2-15-9-12-24-17(15)18(22)20-13-14-5-7-16(8-6-14)19(23)21-10-3-4-11-21/h5-9,12H,2-4,10-11,13H2,1H3,(H,20,22). The van der Waals surface area contributed by atoms with Crippen molar-refractivity contribution in [2.45, 2.75) is 32.7 Å². The molecule has 0 atom stereocenters. The average molecular weight is 342 g/mol. The molecule has 4 nitrogen and oxygen atoms in total. The molecule has 3 rings (SSSR count). The highest BCUT2D eigenvalue weighted by Gasteiger charge is 2.19. The number of nitrogens with one attached hydrogen (secondary N) is 1. The Bertz CT molecular complexity index is 715. The zero-order valence-corrected chi connectivity index (χ0v) is 14.7. The van der Waals surface area contributed by atoms with Crippen molar-refractivity contribution in [3.63, 3.8) is 0 Å². The maximum absolute atomic E-state index is 12.3. The number of thiophene rings is 1. The van der Waals surface area contributed by atoms with Crippen molar-refractivity contribution in [1.29, 1.82) is 0 Å². The van der Waals surface area contributed by atoms with Crippen molar-refractivity contribution in [2.75, 3.05) is 13.1 Å². The first-order valence-electron chi connectivity index (χ1n) is 8.42. The number of carbonyl (C=O) groups excluding carboxylic acids is 2. The summed E-state index contributed by atoms with van der Waals surface area (Å²) in [6.45, 7) is 4.24. The third-order valence-electron chi connectivity index (χ3n) is 4.38. The average Bonchev–Trinajstić information content (AvgIpc) is 3.30. The summed E-state index contributed by atoms with van der Waals surface area (Å²) in [7, 11) is 0. The molecule has 1 aromatic heterocycles. The predicted molar refractivity (Wildman–Crippen MR) is 96.4 cm³/mol. The van der Waals surface area contributed by atoms with E-state index in [2.05, 4.69) is 12.2 Å². The van der Waals surface area contributed by atoms with E-state index >= 15 is 0 Å². The van der Waals surface area contributed by atoms with E-state index in [0.29, 0.717) is 6.54 Å². The number of aryl methyl sites for hydroxylation is 1. The van der Waals surface area contributed by atoms with Crippen LogP contribution in [0.5, 0.6) is 0 Å². The minimum atomic E-state index is -0.0286. The number of likely N-dealkylation sites (tertiary alicyclic amines) is 1. The van der Waals surface area contributed by atoms with E-state index in [1.165, 1.54) is 11.3 Å². The fourth-order valence-electron chi connectivity index (χ4n) is 2.94. The second-order valence-electron chi connectivity index (χ2n) is 6.01. The van der Waals surface area contributed by atoms with Gasteiger partial charge in [0.25, 0.3) is 11.8 Å². The maximum atomic E-state index is 12.3. The second-order valence-corrected chi connectivity index (χ2v) is 6.92. The zero-order chi connectivity index (χ0) is 16.9. The molecule has 0 radical (unpaired) electrons. The number of nitrogens with zero attached hydrogens (tertiary/aromatic N) is 1. The van der Waals surface area contributed by atoms with Gasteiger partial charge in [-0.2, -0.15) is 0 Å². The number of hydrogen-bond acceptors (Lipinski definition) is 3. The molecule has 2 heterocycles. The van der Waals surface area contributed by atoms with Gasteiger partial charge in [-0.1, -0.05) is 19.1 Å². The highest BCUT2D eigenvalue weighted by atomic mass is 32.1. The summed E-state index contributed by atoms with van der Waals surface area (Å²) in [6, 6.07) is 9.53. The Balaban J connectivity index is 1.58. The molecule has 2 amide bonds. The van der Waals surface area contributed by atoms with Gasteiger partial charge in [-0.3, -0.25) is 9.59 Å². The van der Waals surface area contributed by atoms with E-state index < -0.39 is 0 Å². The lowest BCUT2D eigenvalue weighted by atomic mass is 10.1. The van der Waals surface area contributed by atoms with Crippen molar-refractivity contribution in [2.24, 2.45) is 0 Å². The Labute approximate surface area is 146 Å². The van der Waals surface area contributed by atoms with Crippen LogP contribution < -0.4 is 5.32 Å². The highest BCUT2D eigenvalue weighted by Crippen LogP contribution is 2.17. The summed E-state index contributed by atoms with van der Waals surface area (Å²) >= 11 is 1.48. The van der Waals surface area contributed by atoms with Crippen molar-refractivity contribution < 1.29 is 9.59 Å². The van der Waals surface area contributed by atoms with Crippen molar-refractivity contribution in [3.05, 3.63) is 57.3 Å². The lowest BCUT2D eigenvalue weighted by molar-refractivity contribution is 0.0792. The quantitative estimate of drug-likeness (QED) is 0.904. The molecule has 1 fully saturated rings. The number of amides is 2. The van der Waals surface area contributed by atoms with E-state index in [-0.39, 0.29) is 11.8 Å². The molecule has 1 N–H and O–H groups in total. The van der Waals surface area contributed by atoms with Crippen LogP contribution in [0.4, 0.5) is 0 Å². The summed E-state index contributed by atoms with van der Waals surface area (Å²) in [5, 5.41) is 4.91. The second kappa shape index (κ2) is 7.62. The molecular formula is C19H22N2O2S. The van der Waals surface area contributed by atoms with Gasteiger partial charge in [-0.25, -0.2) is 0 Å². The van der Waals surface area contributed by atoms with Crippen molar-refractivity contribution in [3.8, 4) is 0 Å². The molecule has 126 valence electrons. The Morgan fingerprint density at radius 1 is 1.12 bits per heavy atom.